The number of hydrogen-bond donors (Lipinski definition) is 0. The zero-order chi connectivity index (χ0) is 17.6. The van der Waals surface area contributed by atoms with Gasteiger partial charge in [0.15, 0.2) is 5.65 Å². The molecule has 0 aliphatic rings. The Bertz CT molecular complexity index is 965. The summed E-state index contributed by atoms with van der Waals surface area (Å²) in [5, 5.41) is 0. The Kier molecular flexibility index (Phi) is 4.78. The molecule has 0 amide bonds. The van der Waals surface area contributed by atoms with E-state index < -0.39 is 0 Å². The summed E-state index contributed by atoms with van der Waals surface area (Å²) in [6.07, 6.45) is 4.49. The molecule has 5 nitrogen and oxygen atoms in total. The third-order valence-electron chi connectivity index (χ3n) is 3.99. The Labute approximate surface area is 151 Å². The van der Waals surface area contributed by atoms with Crippen LogP contribution >= 0.6 is 0 Å². The number of rotatable bonds is 7. The number of benzene rings is 2. The second kappa shape index (κ2) is 7.70. The average molecular weight is 345 g/mol. The molecule has 0 unspecified atom stereocenters. The van der Waals surface area contributed by atoms with Crippen molar-refractivity contribution in [1.82, 2.24) is 14.5 Å². The highest BCUT2D eigenvalue weighted by Crippen LogP contribution is 2.23. The number of imidazole rings is 1. The van der Waals surface area contributed by atoms with E-state index in [1.807, 2.05) is 73.1 Å². The third kappa shape index (κ3) is 3.83. The van der Waals surface area contributed by atoms with Crippen LogP contribution in [0, 0.1) is 0 Å². The Morgan fingerprint density at radius 2 is 1.54 bits per heavy atom. The van der Waals surface area contributed by atoms with Crippen LogP contribution in [0.4, 0.5) is 0 Å². The van der Waals surface area contributed by atoms with E-state index in [2.05, 4.69) is 14.5 Å². The van der Waals surface area contributed by atoms with E-state index in [4.69, 9.17) is 9.47 Å². The van der Waals surface area contributed by atoms with Gasteiger partial charge in [0.25, 0.3) is 0 Å². The maximum Gasteiger partial charge on any atom is 0.159 e. The first-order chi connectivity index (χ1) is 12.9. The third-order valence-corrected chi connectivity index (χ3v) is 3.99. The molecule has 4 aromatic rings. The molecule has 0 aliphatic carbocycles. The SMILES string of the molecule is c1ccc(Oc2ccc(OCCCn3cnc4cccnc43)cc2)cc1. The van der Waals surface area contributed by atoms with Crippen molar-refractivity contribution in [3.63, 3.8) is 0 Å². The maximum absolute atomic E-state index is 5.81. The first kappa shape index (κ1) is 16.1. The van der Waals surface area contributed by atoms with E-state index in [1.54, 1.807) is 6.20 Å². The van der Waals surface area contributed by atoms with Gasteiger partial charge < -0.3 is 14.0 Å². The minimum atomic E-state index is 0.630. The van der Waals surface area contributed by atoms with Crippen LogP contribution in [0.5, 0.6) is 17.2 Å². The van der Waals surface area contributed by atoms with E-state index in [1.165, 1.54) is 0 Å². The van der Waals surface area contributed by atoms with Crippen LogP contribution in [-0.4, -0.2) is 21.1 Å². The number of aryl methyl sites for hydroxylation is 1. The van der Waals surface area contributed by atoms with Crippen LogP contribution in [0.25, 0.3) is 11.2 Å². The van der Waals surface area contributed by atoms with E-state index in [0.717, 1.165) is 41.4 Å². The lowest BCUT2D eigenvalue weighted by Gasteiger charge is -2.09. The first-order valence-electron chi connectivity index (χ1n) is 8.60. The number of pyridine rings is 1. The fraction of sp³-hybridized carbons (Fsp3) is 0.143. The Morgan fingerprint density at radius 1 is 0.769 bits per heavy atom. The predicted octanol–water partition coefficient (Wildman–Crippen LogP) is 4.69. The zero-order valence-electron chi connectivity index (χ0n) is 14.3. The molecule has 2 aromatic carbocycles. The normalized spacial score (nSPS) is 10.8. The fourth-order valence-corrected chi connectivity index (χ4v) is 2.71. The number of fused-ring (bicyclic) bond motifs is 1. The highest BCUT2D eigenvalue weighted by molar-refractivity contribution is 5.69. The van der Waals surface area contributed by atoms with Gasteiger partial charge in [-0.25, -0.2) is 9.97 Å². The van der Waals surface area contributed by atoms with Gasteiger partial charge in [-0.1, -0.05) is 18.2 Å². The molecule has 0 aliphatic heterocycles. The molecule has 0 saturated carbocycles. The Balaban J connectivity index is 1.27. The molecule has 0 fully saturated rings. The molecule has 4 rings (SSSR count). The van der Waals surface area contributed by atoms with Crippen LogP contribution < -0.4 is 9.47 Å². The van der Waals surface area contributed by atoms with Crippen molar-refractivity contribution in [1.29, 1.82) is 0 Å². The molecule has 0 atom stereocenters. The van der Waals surface area contributed by atoms with Crippen molar-refractivity contribution in [2.24, 2.45) is 0 Å². The Hall–Kier alpha value is -3.34. The second-order valence-corrected chi connectivity index (χ2v) is 5.87. The molecule has 0 bridgehead atoms. The van der Waals surface area contributed by atoms with Gasteiger partial charge in [0.2, 0.25) is 0 Å². The van der Waals surface area contributed by atoms with E-state index >= 15 is 0 Å². The quantitative estimate of drug-likeness (QED) is 0.456. The summed E-state index contributed by atoms with van der Waals surface area (Å²) in [6.45, 7) is 1.45. The lowest BCUT2D eigenvalue weighted by atomic mass is 10.3. The summed E-state index contributed by atoms with van der Waals surface area (Å²) in [5.74, 6) is 2.45. The zero-order valence-corrected chi connectivity index (χ0v) is 14.3. The molecule has 0 spiro atoms. The van der Waals surface area contributed by atoms with E-state index in [9.17, 15) is 0 Å². The van der Waals surface area contributed by atoms with Crippen LogP contribution in [0.1, 0.15) is 6.42 Å². The smallest absolute Gasteiger partial charge is 0.159 e. The highest BCUT2D eigenvalue weighted by Gasteiger charge is 2.03. The van der Waals surface area contributed by atoms with Crippen LogP contribution in [0.3, 0.4) is 0 Å². The van der Waals surface area contributed by atoms with Gasteiger partial charge in [-0.05, 0) is 55.0 Å². The highest BCUT2D eigenvalue weighted by atomic mass is 16.5. The van der Waals surface area contributed by atoms with Crippen molar-refractivity contribution in [2.45, 2.75) is 13.0 Å². The van der Waals surface area contributed by atoms with Gasteiger partial charge in [-0.3, -0.25) is 0 Å². The minimum Gasteiger partial charge on any atom is -0.494 e. The summed E-state index contributed by atoms with van der Waals surface area (Å²) in [7, 11) is 0. The summed E-state index contributed by atoms with van der Waals surface area (Å²) in [4.78, 5) is 8.71. The lowest BCUT2D eigenvalue weighted by molar-refractivity contribution is 0.302. The van der Waals surface area contributed by atoms with Crippen LogP contribution in [0.15, 0.2) is 79.3 Å². The molecule has 130 valence electrons. The van der Waals surface area contributed by atoms with Gasteiger partial charge in [0.1, 0.15) is 22.8 Å². The number of ether oxygens (including phenoxy) is 2. The molecular weight excluding hydrogens is 326 g/mol. The summed E-state index contributed by atoms with van der Waals surface area (Å²) in [5.41, 5.74) is 1.83. The number of hydrogen-bond acceptors (Lipinski definition) is 4. The minimum absolute atomic E-state index is 0.630. The van der Waals surface area contributed by atoms with Gasteiger partial charge in [-0.15, -0.1) is 0 Å². The van der Waals surface area contributed by atoms with Crippen molar-refractivity contribution in [3.05, 3.63) is 79.3 Å². The Morgan fingerprint density at radius 3 is 2.38 bits per heavy atom. The standard InChI is InChI=1S/C21H19N3O2/c1-2-6-18(7-3-1)26-19-11-9-17(10-12-19)25-15-5-14-24-16-23-20-8-4-13-22-21(20)24/h1-4,6-13,16H,5,14-15H2. The summed E-state index contributed by atoms with van der Waals surface area (Å²) < 4.78 is 13.6. The average Bonchev–Trinajstić information content (AvgIpc) is 3.11. The topological polar surface area (TPSA) is 49.2 Å². The monoisotopic (exact) mass is 345 g/mol. The molecule has 5 heteroatoms. The van der Waals surface area contributed by atoms with Gasteiger partial charge in [0, 0.05) is 12.7 Å². The molecule has 2 heterocycles. The predicted molar refractivity (Wildman–Crippen MR) is 101 cm³/mol. The summed E-state index contributed by atoms with van der Waals surface area (Å²) in [6, 6.07) is 21.3. The molecule has 0 radical (unpaired) electrons. The van der Waals surface area contributed by atoms with Crippen molar-refractivity contribution in [3.8, 4) is 17.2 Å². The molecule has 26 heavy (non-hydrogen) atoms. The molecule has 0 N–H and O–H groups in total. The van der Waals surface area contributed by atoms with Gasteiger partial charge in [0.05, 0.1) is 12.9 Å². The second-order valence-electron chi connectivity index (χ2n) is 5.87. The first-order valence-corrected chi connectivity index (χ1v) is 8.60. The lowest BCUT2D eigenvalue weighted by Crippen LogP contribution is -2.04. The number of nitrogens with zero attached hydrogens (tertiary/aromatic N) is 3. The number of aromatic nitrogens is 3. The molecular formula is C21H19N3O2. The van der Waals surface area contributed by atoms with Crippen molar-refractivity contribution < 1.29 is 9.47 Å². The van der Waals surface area contributed by atoms with Crippen molar-refractivity contribution in [2.75, 3.05) is 6.61 Å². The molecule has 2 aromatic heterocycles. The van der Waals surface area contributed by atoms with Crippen LogP contribution in [-0.2, 0) is 6.54 Å². The van der Waals surface area contributed by atoms with E-state index in [-0.39, 0.29) is 0 Å². The van der Waals surface area contributed by atoms with Crippen LogP contribution in [0.2, 0.25) is 0 Å². The molecule has 0 saturated heterocycles. The summed E-state index contributed by atoms with van der Waals surface area (Å²) >= 11 is 0. The van der Waals surface area contributed by atoms with Gasteiger partial charge in [-0.2, -0.15) is 0 Å². The largest absolute Gasteiger partial charge is 0.494 e. The van der Waals surface area contributed by atoms with Gasteiger partial charge >= 0.3 is 0 Å². The van der Waals surface area contributed by atoms with E-state index in [0.29, 0.717) is 6.61 Å². The fourth-order valence-electron chi connectivity index (χ4n) is 2.71. The van der Waals surface area contributed by atoms with Crippen molar-refractivity contribution >= 4 is 11.2 Å². The maximum atomic E-state index is 5.81. The number of para-hydroxylation sites is 1.